The molecule has 3 amide bonds. The van der Waals surface area contributed by atoms with Gasteiger partial charge in [-0.2, -0.15) is 5.10 Å². The molecule has 2 fully saturated rings. The van der Waals surface area contributed by atoms with Crippen LogP contribution in [0.15, 0.2) is 24.3 Å². The topological polar surface area (TPSA) is 90.1 Å². The van der Waals surface area contributed by atoms with Gasteiger partial charge in [-0.25, -0.2) is 4.79 Å². The predicted octanol–water partition coefficient (Wildman–Crippen LogP) is 4.39. The third-order valence-corrected chi connectivity index (χ3v) is 6.65. The summed E-state index contributed by atoms with van der Waals surface area (Å²) in [5.74, 6) is 0.0682. The van der Waals surface area contributed by atoms with Crippen LogP contribution in [0.25, 0.3) is 11.1 Å². The molecule has 166 valence electrons. The van der Waals surface area contributed by atoms with Gasteiger partial charge < -0.3 is 15.5 Å². The highest BCUT2D eigenvalue weighted by Gasteiger charge is 2.32. The number of aromatic amines is 1. The monoisotopic (exact) mass is 423 g/mol. The Balaban J connectivity index is 1.46. The lowest BCUT2D eigenvalue weighted by atomic mass is 9.83. The van der Waals surface area contributed by atoms with Crippen molar-refractivity contribution < 1.29 is 9.59 Å². The maximum absolute atomic E-state index is 13.2. The summed E-state index contributed by atoms with van der Waals surface area (Å²) in [5, 5.41) is 13.4. The third-order valence-electron chi connectivity index (χ3n) is 6.65. The zero-order chi connectivity index (χ0) is 21.8. The number of amides is 3. The van der Waals surface area contributed by atoms with Gasteiger partial charge in [-0.1, -0.05) is 31.4 Å². The number of carbonyl (C=O) groups is 2. The van der Waals surface area contributed by atoms with Crippen LogP contribution in [0.1, 0.15) is 56.3 Å². The number of hydrogen-bond donors (Lipinski definition) is 3. The molecule has 31 heavy (non-hydrogen) atoms. The van der Waals surface area contributed by atoms with Crippen LogP contribution in [0.3, 0.4) is 0 Å². The fraction of sp³-hybridized carbons (Fsp3) is 0.542. The Kier molecular flexibility index (Phi) is 6.59. The number of nitrogens with zero attached hydrogens (tertiary/aromatic N) is 2. The number of carbonyl (C=O) groups excluding carboxylic acids is 2. The first kappa shape index (κ1) is 21.4. The second kappa shape index (κ2) is 9.54. The van der Waals surface area contributed by atoms with Crippen molar-refractivity contribution in [2.75, 3.05) is 18.4 Å². The fourth-order valence-electron chi connectivity index (χ4n) is 4.93. The molecule has 1 aliphatic carbocycles. The van der Waals surface area contributed by atoms with Gasteiger partial charge in [0.15, 0.2) is 0 Å². The van der Waals surface area contributed by atoms with Crippen LogP contribution in [-0.2, 0) is 4.79 Å². The van der Waals surface area contributed by atoms with Gasteiger partial charge in [-0.3, -0.25) is 9.89 Å². The first-order chi connectivity index (χ1) is 15.0. The van der Waals surface area contributed by atoms with Crippen molar-refractivity contribution in [3.8, 4) is 11.1 Å². The third kappa shape index (κ3) is 4.92. The number of anilines is 1. The zero-order valence-electron chi connectivity index (χ0n) is 18.5. The van der Waals surface area contributed by atoms with Crippen molar-refractivity contribution in [2.24, 2.45) is 5.92 Å². The molecule has 0 unspecified atom stereocenters. The molecular weight excluding hydrogens is 390 g/mol. The standard InChI is InChI=1S/C24H33N5O2/c1-16-21(17(2)28-27-16)18-10-12-20(13-11-18)25-23(30)22(19-8-4-3-5-9-19)26-24(31)29-14-6-7-15-29/h10-13,19,22H,3-9,14-15H2,1-2H3,(H,25,30)(H,26,31)(H,27,28)/t22-/m0/s1. The molecule has 7 nitrogen and oxygen atoms in total. The summed E-state index contributed by atoms with van der Waals surface area (Å²) in [6, 6.07) is 7.23. The van der Waals surface area contributed by atoms with Gasteiger partial charge in [0.2, 0.25) is 5.91 Å². The molecule has 1 saturated carbocycles. The van der Waals surface area contributed by atoms with Gasteiger partial charge in [0.25, 0.3) is 0 Å². The number of aromatic nitrogens is 2. The quantitative estimate of drug-likeness (QED) is 0.666. The van der Waals surface area contributed by atoms with Crippen molar-refractivity contribution in [1.82, 2.24) is 20.4 Å². The van der Waals surface area contributed by atoms with Crippen molar-refractivity contribution in [3.63, 3.8) is 0 Å². The van der Waals surface area contributed by atoms with Gasteiger partial charge in [0.05, 0.1) is 5.69 Å². The highest BCUT2D eigenvalue weighted by molar-refractivity contribution is 5.97. The van der Waals surface area contributed by atoms with E-state index in [1.54, 1.807) is 0 Å². The molecule has 1 saturated heterocycles. The minimum absolute atomic E-state index is 0.107. The molecule has 4 rings (SSSR count). The van der Waals surface area contributed by atoms with Gasteiger partial charge in [0.1, 0.15) is 6.04 Å². The summed E-state index contributed by atoms with van der Waals surface area (Å²) in [5.41, 5.74) is 4.88. The number of hydrogen-bond acceptors (Lipinski definition) is 3. The number of benzene rings is 1. The van der Waals surface area contributed by atoms with E-state index in [1.807, 2.05) is 43.0 Å². The lowest BCUT2D eigenvalue weighted by molar-refractivity contribution is -0.119. The predicted molar refractivity (Wildman–Crippen MR) is 122 cm³/mol. The molecule has 7 heteroatoms. The van der Waals surface area contributed by atoms with Crippen LogP contribution in [0, 0.1) is 19.8 Å². The van der Waals surface area contributed by atoms with Crippen molar-refractivity contribution in [2.45, 2.75) is 64.8 Å². The van der Waals surface area contributed by atoms with Crippen LogP contribution < -0.4 is 10.6 Å². The van der Waals surface area contributed by atoms with E-state index in [0.29, 0.717) is 0 Å². The lowest BCUT2D eigenvalue weighted by Crippen LogP contribution is -2.52. The van der Waals surface area contributed by atoms with E-state index in [1.165, 1.54) is 6.42 Å². The van der Waals surface area contributed by atoms with Crippen LogP contribution >= 0.6 is 0 Å². The Labute approximate surface area is 184 Å². The van der Waals surface area contributed by atoms with Gasteiger partial charge >= 0.3 is 6.03 Å². The van der Waals surface area contributed by atoms with E-state index in [9.17, 15) is 9.59 Å². The minimum atomic E-state index is -0.494. The highest BCUT2D eigenvalue weighted by Crippen LogP contribution is 2.29. The molecule has 1 atom stereocenters. The molecule has 0 bridgehead atoms. The number of nitrogens with one attached hydrogen (secondary N) is 3. The van der Waals surface area contributed by atoms with Crippen LogP contribution in [0.4, 0.5) is 10.5 Å². The van der Waals surface area contributed by atoms with Gasteiger partial charge in [0, 0.05) is 30.0 Å². The fourth-order valence-corrected chi connectivity index (χ4v) is 4.93. The van der Waals surface area contributed by atoms with Crippen LogP contribution in [0.5, 0.6) is 0 Å². The second-order valence-electron chi connectivity index (χ2n) is 8.90. The first-order valence-electron chi connectivity index (χ1n) is 11.5. The minimum Gasteiger partial charge on any atom is -0.326 e. The molecule has 0 spiro atoms. The molecule has 0 radical (unpaired) electrons. The Morgan fingerprint density at radius 1 is 1.03 bits per heavy atom. The molecule has 2 heterocycles. The molecule has 3 N–H and O–H groups in total. The van der Waals surface area contributed by atoms with Gasteiger partial charge in [-0.05, 0) is 63.1 Å². The lowest BCUT2D eigenvalue weighted by Gasteiger charge is -2.31. The normalized spacial score (nSPS) is 18.1. The molecule has 2 aliphatic rings. The number of aryl methyl sites for hydroxylation is 2. The van der Waals surface area contributed by atoms with E-state index in [2.05, 4.69) is 20.8 Å². The number of likely N-dealkylation sites (tertiary alicyclic amines) is 1. The second-order valence-corrected chi connectivity index (χ2v) is 8.90. The van der Waals surface area contributed by atoms with E-state index >= 15 is 0 Å². The van der Waals surface area contributed by atoms with E-state index in [0.717, 1.165) is 79.8 Å². The summed E-state index contributed by atoms with van der Waals surface area (Å²) in [6.45, 7) is 5.54. The molecular formula is C24H33N5O2. The van der Waals surface area contributed by atoms with Crippen molar-refractivity contribution in [3.05, 3.63) is 35.7 Å². The summed E-state index contributed by atoms with van der Waals surface area (Å²) in [7, 11) is 0. The molecule has 2 aromatic rings. The summed E-state index contributed by atoms with van der Waals surface area (Å²) >= 11 is 0. The number of rotatable bonds is 5. The average molecular weight is 424 g/mol. The molecule has 1 aromatic carbocycles. The molecule has 1 aromatic heterocycles. The van der Waals surface area contributed by atoms with Crippen molar-refractivity contribution >= 4 is 17.6 Å². The van der Waals surface area contributed by atoms with Gasteiger partial charge in [-0.15, -0.1) is 0 Å². The zero-order valence-corrected chi connectivity index (χ0v) is 18.5. The van der Waals surface area contributed by atoms with E-state index in [-0.39, 0.29) is 17.9 Å². The smallest absolute Gasteiger partial charge is 0.318 e. The maximum atomic E-state index is 13.2. The van der Waals surface area contributed by atoms with Crippen LogP contribution in [-0.4, -0.2) is 46.2 Å². The first-order valence-corrected chi connectivity index (χ1v) is 11.5. The van der Waals surface area contributed by atoms with Crippen molar-refractivity contribution in [1.29, 1.82) is 0 Å². The average Bonchev–Trinajstić information content (AvgIpc) is 3.43. The van der Waals surface area contributed by atoms with E-state index in [4.69, 9.17) is 0 Å². The Hall–Kier alpha value is -2.83. The SMILES string of the molecule is Cc1n[nH]c(C)c1-c1ccc(NC(=O)[C@@H](NC(=O)N2CCCC2)C2CCCCC2)cc1. The Morgan fingerprint density at radius 3 is 2.32 bits per heavy atom. The Morgan fingerprint density at radius 2 is 1.71 bits per heavy atom. The highest BCUT2D eigenvalue weighted by atomic mass is 16.2. The number of urea groups is 1. The maximum Gasteiger partial charge on any atom is 0.318 e. The van der Waals surface area contributed by atoms with E-state index < -0.39 is 6.04 Å². The van der Waals surface area contributed by atoms with Crippen LogP contribution in [0.2, 0.25) is 0 Å². The summed E-state index contributed by atoms with van der Waals surface area (Å²) in [4.78, 5) is 27.8. The molecule has 1 aliphatic heterocycles. The Bertz CT molecular complexity index is 889. The number of H-pyrrole nitrogens is 1. The summed E-state index contributed by atoms with van der Waals surface area (Å²) in [6.07, 6.45) is 7.48. The largest absolute Gasteiger partial charge is 0.326 e. The summed E-state index contributed by atoms with van der Waals surface area (Å²) < 4.78 is 0.